The van der Waals surface area contributed by atoms with Crippen molar-refractivity contribution in [3.05, 3.63) is 65.8 Å². The molecular weight excluding hydrogens is 347 g/mol. The minimum Gasteiger partial charge on any atom is -0.459 e. The van der Waals surface area contributed by atoms with E-state index in [-0.39, 0.29) is 18.0 Å². The van der Waals surface area contributed by atoms with Crippen molar-refractivity contribution in [2.24, 2.45) is 0 Å². The molecule has 0 saturated carbocycles. The molecule has 0 saturated heterocycles. The number of amides is 1. The summed E-state index contributed by atoms with van der Waals surface area (Å²) in [6, 6.07) is 7.70. The van der Waals surface area contributed by atoms with E-state index in [1.165, 1.54) is 24.4 Å². The first kappa shape index (κ1) is 17.5. The highest BCUT2D eigenvalue weighted by molar-refractivity contribution is 5.91. The van der Waals surface area contributed by atoms with Crippen molar-refractivity contribution < 1.29 is 22.4 Å². The standard InChI is InChI=1S/C18H14F3N3O2/c19-18(20,21)17-14-8-12(7-13(14)5-6-26-17)10-24-16(25)4-2-11-1-3-15(22)23-9-11/h1-9H,10H2,(H2,22,23)(H,24,25)/b4-2+. The molecule has 1 aliphatic carbocycles. The lowest BCUT2D eigenvalue weighted by molar-refractivity contribution is -0.153. The van der Waals surface area contributed by atoms with Gasteiger partial charge in [-0.3, -0.25) is 4.79 Å². The van der Waals surface area contributed by atoms with E-state index in [1.807, 2.05) is 0 Å². The molecule has 8 heteroatoms. The van der Waals surface area contributed by atoms with E-state index >= 15 is 0 Å². The number of hydrogen-bond donors (Lipinski definition) is 2. The highest BCUT2D eigenvalue weighted by atomic mass is 19.4. The van der Waals surface area contributed by atoms with Crippen LogP contribution in [0.4, 0.5) is 19.0 Å². The van der Waals surface area contributed by atoms with Gasteiger partial charge in [-0.2, -0.15) is 13.2 Å². The van der Waals surface area contributed by atoms with Crippen LogP contribution in [0.1, 0.15) is 16.9 Å². The van der Waals surface area contributed by atoms with E-state index < -0.39 is 11.9 Å². The van der Waals surface area contributed by atoms with Crippen LogP contribution in [0.3, 0.4) is 0 Å². The van der Waals surface area contributed by atoms with Crippen LogP contribution in [0.25, 0.3) is 17.2 Å². The van der Waals surface area contributed by atoms with Gasteiger partial charge in [0.15, 0.2) is 0 Å². The third-order valence-electron chi connectivity index (χ3n) is 3.62. The van der Waals surface area contributed by atoms with Crippen molar-refractivity contribution in [1.29, 1.82) is 0 Å². The largest absolute Gasteiger partial charge is 0.459 e. The molecule has 0 fully saturated rings. The molecule has 134 valence electrons. The Balaban J connectivity index is 1.67. The lowest BCUT2D eigenvalue weighted by Gasteiger charge is -2.09. The number of hydrogen-bond acceptors (Lipinski definition) is 4. The number of alkyl halides is 3. The summed E-state index contributed by atoms with van der Waals surface area (Å²) in [5, 5.41) is 2.62. The molecule has 3 rings (SSSR count). The van der Waals surface area contributed by atoms with Gasteiger partial charge in [-0.05, 0) is 53.1 Å². The molecule has 0 unspecified atom stereocenters. The first-order valence-corrected chi connectivity index (χ1v) is 7.58. The van der Waals surface area contributed by atoms with E-state index in [9.17, 15) is 18.0 Å². The Bertz CT molecular complexity index is 914. The number of halogens is 3. The third-order valence-corrected chi connectivity index (χ3v) is 3.62. The van der Waals surface area contributed by atoms with Crippen LogP contribution in [-0.2, 0) is 17.5 Å². The lowest BCUT2D eigenvalue weighted by Crippen LogP contribution is -2.19. The van der Waals surface area contributed by atoms with Gasteiger partial charge in [-0.15, -0.1) is 0 Å². The number of pyridine rings is 1. The first-order valence-electron chi connectivity index (χ1n) is 7.58. The maximum Gasteiger partial charge on any atom is 0.450 e. The highest BCUT2D eigenvalue weighted by Crippen LogP contribution is 2.39. The molecule has 0 spiro atoms. The number of nitrogens with zero attached hydrogens (tertiary/aromatic N) is 1. The van der Waals surface area contributed by atoms with E-state index in [4.69, 9.17) is 5.73 Å². The van der Waals surface area contributed by atoms with Crippen LogP contribution in [0.15, 0.2) is 53.3 Å². The number of nitrogens with one attached hydrogen (secondary N) is 1. The van der Waals surface area contributed by atoms with Crippen LogP contribution in [0.2, 0.25) is 0 Å². The Morgan fingerprint density at radius 1 is 1.27 bits per heavy atom. The number of fused-ring (bicyclic) bond motifs is 1. The Morgan fingerprint density at radius 2 is 2.08 bits per heavy atom. The molecule has 1 amide bonds. The summed E-state index contributed by atoms with van der Waals surface area (Å²) in [7, 11) is 0. The smallest absolute Gasteiger partial charge is 0.450 e. The first-order chi connectivity index (χ1) is 12.3. The van der Waals surface area contributed by atoms with Crippen LogP contribution in [0.5, 0.6) is 0 Å². The second-order valence-electron chi connectivity index (χ2n) is 5.55. The normalized spacial score (nSPS) is 12.0. The van der Waals surface area contributed by atoms with Gasteiger partial charge < -0.3 is 15.5 Å². The SMILES string of the molecule is Nc1ccc(/C=C/C(=O)NCc2cc3ccoc(C(F)(F)F)c-3c2)cn1. The van der Waals surface area contributed by atoms with Crippen molar-refractivity contribution in [1.82, 2.24) is 10.3 Å². The maximum atomic E-state index is 12.9. The Labute approximate surface area is 146 Å². The minimum absolute atomic E-state index is 0.0345. The number of carbonyl (C=O) groups excluding carboxylic acids is 1. The second-order valence-corrected chi connectivity index (χ2v) is 5.55. The van der Waals surface area contributed by atoms with Gasteiger partial charge in [0.05, 0.1) is 6.26 Å². The molecule has 26 heavy (non-hydrogen) atoms. The zero-order chi connectivity index (χ0) is 18.7. The predicted molar refractivity (Wildman–Crippen MR) is 89.9 cm³/mol. The fourth-order valence-corrected chi connectivity index (χ4v) is 2.42. The molecule has 0 atom stereocenters. The molecule has 0 aromatic carbocycles. The van der Waals surface area contributed by atoms with Gasteiger partial charge >= 0.3 is 6.18 Å². The maximum absolute atomic E-state index is 12.9. The number of aromatic nitrogens is 1. The van der Waals surface area contributed by atoms with Crippen LogP contribution >= 0.6 is 0 Å². The van der Waals surface area contributed by atoms with Gasteiger partial charge in [0.2, 0.25) is 11.7 Å². The Hall–Kier alpha value is -3.29. The summed E-state index contributed by atoms with van der Waals surface area (Å²) in [4.78, 5) is 15.8. The monoisotopic (exact) mass is 361 g/mol. The van der Waals surface area contributed by atoms with Crippen molar-refractivity contribution in [3.63, 3.8) is 0 Å². The fourth-order valence-electron chi connectivity index (χ4n) is 2.42. The summed E-state index contributed by atoms with van der Waals surface area (Å²) in [5.74, 6) is -1.06. The Kier molecular flexibility index (Phi) is 4.66. The molecule has 0 bridgehead atoms. The van der Waals surface area contributed by atoms with Gasteiger partial charge in [-0.1, -0.05) is 0 Å². The van der Waals surface area contributed by atoms with E-state index in [2.05, 4.69) is 14.7 Å². The second kappa shape index (κ2) is 6.91. The number of anilines is 1. The summed E-state index contributed by atoms with van der Waals surface area (Å²) >= 11 is 0. The molecule has 1 aliphatic heterocycles. The Morgan fingerprint density at radius 3 is 2.77 bits per heavy atom. The zero-order valence-corrected chi connectivity index (χ0v) is 13.4. The van der Waals surface area contributed by atoms with Crippen molar-refractivity contribution in [2.75, 3.05) is 5.73 Å². The average molecular weight is 361 g/mol. The third kappa shape index (κ3) is 4.02. The van der Waals surface area contributed by atoms with Crippen molar-refractivity contribution >= 4 is 17.8 Å². The summed E-state index contributed by atoms with van der Waals surface area (Å²) in [6.07, 6.45) is 0.808. The number of rotatable bonds is 4. The number of nitrogens with two attached hydrogens (primary N) is 1. The summed E-state index contributed by atoms with van der Waals surface area (Å²) in [5.41, 5.74) is 7.08. The molecule has 3 N–H and O–H groups in total. The zero-order valence-electron chi connectivity index (χ0n) is 13.4. The van der Waals surface area contributed by atoms with Gasteiger partial charge in [-0.25, -0.2) is 4.98 Å². The molecule has 1 aromatic heterocycles. The van der Waals surface area contributed by atoms with E-state index in [1.54, 1.807) is 24.3 Å². The summed E-state index contributed by atoms with van der Waals surface area (Å²) in [6.45, 7) is 0.0924. The topological polar surface area (TPSA) is 81.2 Å². The van der Waals surface area contributed by atoms with Gasteiger partial charge in [0.1, 0.15) is 5.82 Å². The predicted octanol–water partition coefficient (Wildman–Crippen LogP) is 3.71. The quantitative estimate of drug-likeness (QED) is 0.694. The number of nitrogen functional groups attached to an aromatic ring is 1. The lowest BCUT2D eigenvalue weighted by atomic mass is 10.1. The van der Waals surface area contributed by atoms with Crippen LogP contribution < -0.4 is 11.1 Å². The molecule has 5 nitrogen and oxygen atoms in total. The molecule has 2 heterocycles. The molecule has 2 aliphatic rings. The van der Waals surface area contributed by atoms with Crippen molar-refractivity contribution in [3.8, 4) is 11.1 Å². The molecular formula is C18H14F3N3O2. The highest BCUT2D eigenvalue weighted by Gasteiger charge is 2.37. The summed E-state index contributed by atoms with van der Waals surface area (Å²) < 4.78 is 43.4. The molecule has 1 aromatic rings. The van der Waals surface area contributed by atoms with Crippen LogP contribution in [0, 0.1) is 0 Å². The minimum atomic E-state index is -4.58. The number of carbonyl (C=O) groups is 1. The average Bonchev–Trinajstić information content (AvgIpc) is 3.01. The molecule has 0 radical (unpaired) electrons. The van der Waals surface area contributed by atoms with Crippen LogP contribution in [-0.4, -0.2) is 10.9 Å². The van der Waals surface area contributed by atoms with Gasteiger partial charge in [0.25, 0.3) is 0 Å². The van der Waals surface area contributed by atoms with Crippen molar-refractivity contribution in [2.45, 2.75) is 12.7 Å². The fraction of sp³-hybridized carbons (Fsp3) is 0.111. The van der Waals surface area contributed by atoms with E-state index in [0.29, 0.717) is 22.5 Å². The van der Waals surface area contributed by atoms with Gasteiger partial charge in [0, 0.05) is 24.4 Å². The van der Waals surface area contributed by atoms with E-state index in [0.717, 1.165) is 6.26 Å².